The fourth-order valence-corrected chi connectivity index (χ4v) is 4.53. The Hall–Kier alpha value is -3.07. The summed E-state index contributed by atoms with van der Waals surface area (Å²) in [5, 5.41) is 8.84. The molecule has 6 nitrogen and oxygen atoms in total. The summed E-state index contributed by atoms with van der Waals surface area (Å²) in [6.45, 7) is 4.43. The molecule has 10 heteroatoms. The number of aromatic amines is 1. The molecule has 1 aliphatic rings. The largest absolute Gasteiger partial charge is 0.416 e. The Morgan fingerprint density at radius 3 is 2.69 bits per heavy atom. The highest BCUT2D eigenvalue weighted by molar-refractivity contribution is 6.32. The molecule has 1 N–H and O–H groups in total. The lowest BCUT2D eigenvalue weighted by Crippen LogP contribution is -2.40. The molecule has 0 amide bonds. The number of alkyl halides is 3. The van der Waals surface area contributed by atoms with Gasteiger partial charge in [-0.05, 0) is 56.5 Å². The number of aromatic nitrogens is 5. The van der Waals surface area contributed by atoms with Crippen LogP contribution < -0.4 is 4.90 Å². The maximum Gasteiger partial charge on any atom is 0.416 e. The number of hydrogen-bond acceptors (Lipinski definition) is 4. The van der Waals surface area contributed by atoms with Gasteiger partial charge >= 0.3 is 6.18 Å². The first kappa shape index (κ1) is 20.8. The maximum atomic E-state index is 13.6. The first-order valence-electron chi connectivity index (χ1n) is 10.1. The minimum absolute atomic E-state index is 0.353. The zero-order valence-corrected chi connectivity index (χ0v) is 18.1. The Kier molecular flexibility index (Phi) is 4.70. The van der Waals surface area contributed by atoms with Crippen molar-refractivity contribution in [3.63, 3.8) is 0 Å². The fraction of sp³-hybridized carbons (Fsp3) is 0.318. The van der Waals surface area contributed by atoms with Crippen LogP contribution in [-0.2, 0) is 11.7 Å². The van der Waals surface area contributed by atoms with Gasteiger partial charge in [0.25, 0.3) is 0 Å². The van der Waals surface area contributed by atoms with Crippen LogP contribution >= 0.6 is 11.6 Å². The summed E-state index contributed by atoms with van der Waals surface area (Å²) in [5.74, 6) is 0.673. The molecule has 5 rings (SSSR count). The number of rotatable bonds is 3. The molecule has 32 heavy (non-hydrogen) atoms. The van der Waals surface area contributed by atoms with Gasteiger partial charge in [-0.15, -0.1) is 4.80 Å². The quantitative estimate of drug-likeness (QED) is 0.443. The number of benzene rings is 2. The summed E-state index contributed by atoms with van der Waals surface area (Å²) < 4.78 is 40.7. The molecule has 0 unspecified atom stereocenters. The van der Waals surface area contributed by atoms with Crippen molar-refractivity contribution >= 4 is 28.3 Å². The molecule has 1 aliphatic heterocycles. The number of hydrogen-bond donors (Lipinski definition) is 1. The third-order valence-corrected chi connectivity index (χ3v) is 6.54. The Morgan fingerprint density at radius 2 is 1.97 bits per heavy atom. The van der Waals surface area contributed by atoms with Crippen LogP contribution in [0, 0.1) is 13.0 Å². The summed E-state index contributed by atoms with van der Waals surface area (Å²) in [4.78, 5) is 11.4. The highest BCUT2D eigenvalue weighted by Crippen LogP contribution is 2.44. The van der Waals surface area contributed by atoms with Gasteiger partial charge < -0.3 is 9.88 Å². The minimum Gasteiger partial charge on any atom is -0.357 e. The van der Waals surface area contributed by atoms with E-state index in [1.165, 1.54) is 17.2 Å². The Balaban J connectivity index is 1.68. The first-order chi connectivity index (χ1) is 15.2. The topological polar surface area (TPSA) is 62.6 Å². The Morgan fingerprint density at radius 1 is 1.22 bits per heavy atom. The van der Waals surface area contributed by atoms with Gasteiger partial charge in [0.15, 0.2) is 0 Å². The van der Waals surface area contributed by atoms with Crippen molar-refractivity contribution in [2.24, 2.45) is 0 Å². The van der Waals surface area contributed by atoms with Gasteiger partial charge in [-0.2, -0.15) is 23.4 Å². The summed E-state index contributed by atoms with van der Waals surface area (Å²) in [6, 6.07) is 8.49. The lowest BCUT2D eigenvalue weighted by Gasteiger charge is -2.36. The predicted molar refractivity (Wildman–Crippen MR) is 115 cm³/mol. The molecule has 1 atom stereocenters. The van der Waals surface area contributed by atoms with E-state index in [0.717, 1.165) is 35.2 Å². The lowest BCUT2D eigenvalue weighted by molar-refractivity contribution is -0.137. The second-order valence-corrected chi connectivity index (χ2v) is 8.53. The molecule has 4 aromatic rings. The molecule has 2 aromatic heterocycles. The number of fused-ring (bicyclic) bond motifs is 1. The molecule has 0 saturated carbocycles. The highest BCUT2D eigenvalue weighted by atomic mass is 35.5. The van der Waals surface area contributed by atoms with E-state index in [-0.39, 0.29) is 0 Å². The smallest absolute Gasteiger partial charge is 0.357 e. The van der Waals surface area contributed by atoms with Gasteiger partial charge in [0.1, 0.15) is 11.5 Å². The summed E-state index contributed by atoms with van der Waals surface area (Å²) >= 11 is 6.26. The van der Waals surface area contributed by atoms with Gasteiger partial charge in [-0.3, -0.25) is 0 Å². The molecule has 1 saturated heterocycles. The van der Waals surface area contributed by atoms with E-state index in [0.29, 0.717) is 35.2 Å². The third kappa shape index (κ3) is 3.23. The summed E-state index contributed by atoms with van der Waals surface area (Å²) in [6.07, 6.45) is -0.0452. The molecule has 1 radical (unpaired) electrons. The standard InChI is InChI=1S/C22H19ClF3N6/c1-13-15(23)5-6-16-19(13)30-20(29-16)21(2)8-3-11-31(21)18-12-14(22(24,25)26)4-7-17(18)32-27-9-10-28-32/h4-6,9-10,12H,3,8,11H2,1-2H3,(H,29,30)/t21-/m0/s1. The van der Waals surface area contributed by atoms with Crippen LogP contribution in [0.25, 0.3) is 16.7 Å². The number of H-pyrrole nitrogens is 1. The van der Waals surface area contributed by atoms with Gasteiger partial charge in [-0.1, -0.05) is 11.6 Å². The number of anilines is 1. The van der Waals surface area contributed by atoms with E-state index in [4.69, 9.17) is 16.6 Å². The van der Waals surface area contributed by atoms with Crippen LogP contribution in [0.3, 0.4) is 0 Å². The molecule has 0 spiro atoms. The van der Waals surface area contributed by atoms with Gasteiger partial charge in [0.05, 0.1) is 40.2 Å². The number of nitrogens with one attached hydrogen (secondary N) is 1. The summed E-state index contributed by atoms with van der Waals surface area (Å²) in [5.41, 5.74) is 1.71. The van der Waals surface area contributed by atoms with Crippen LogP contribution in [0.1, 0.15) is 36.7 Å². The minimum atomic E-state index is -4.50. The van der Waals surface area contributed by atoms with E-state index in [2.05, 4.69) is 21.2 Å². The van der Waals surface area contributed by atoms with Gasteiger partial charge in [0.2, 0.25) is 0 Å². The lowest BCUT2D eigenvalue weighted by atomic mass is 9.96. The highest BCUT2D eigenvalue weighted by Gasteiger charge is 2.43. The van der Waals surface area contributed by atoms with Crippen LogP contribution in [0.15, 0.2) is 36.7 Å². The van der Waals surface area contributed by atoms with E-state index in [1.54, 1.807) is 6.07 Å². The van der Waals surface area contributed by atoms with Crippen molar-refractivity contribution < 1.29 is 13.2 Å². The average molecular weight is 460 g/mol. The van der Waals surface area contributed by atoms with Crippen LogP contribution in [0.2, 0.25) is 5.02 Å². The number of aryl methyl sites for hydroxylation is 1. The van der Waals surface area contributed by atoms with Crippen LogP contribution in [0.5, 0.6) is 0 Å². The molecule has 0 bridgehead atoms. The number of nitrogens with zero attached hydrogens (tertiary/aromatic N) is 5. The van der Waals surface area contributed by atoms with Crippen molar-refractivity contribution in [1.29, 1.82) is 0 Å². The molecular formula is C22H19ClF3N6. The van der Waals surface area contributed by atoms with Crippen molar-refractivity contribution in [2.75, 3.05) is 11.4 Å². The second-order valence-electron chi connectivity index (χ2n) is 8.12. The Bertz CT molecular complexity index is 1300. The molecular weight excluding hydrogens is 441 g/mol. The van der Waals surface area contributed by atoms with Crippen molar-refractivity contribution in [3.05, 3.63) is 64.7 Å². The van der Waals surface area contributed by atoms with Gasteiger partial charge in [-0.25, -0.2) is 4.98 Å². The summed E-state index contributed by atoms with van der Waals surface area (Å²) in [7, 11) is 0. The second kappa shape index (κ2) is 7.23. The van der Waals surface area contributed by atoms with E-state index >= 15 is 0 Å². The zero-order chi connectivity index (χ0) is 22.7. The number of halogens is 4. The molecule has 165 valence electrons. The molecule has 2 aromatic carbocycles. The van der Waals surface area contributed by atoms with Gasteiger partial charge in [0, 0.05) is 17.6 Å². The Labute approximate surface area is 187 Å². The first-order valence-corrected chi connectivity index (χ1v) is 10.5. The normalized spacial score (nSPS) is 19.2. The van der Waals surface area contributed by atoms with Crippen LogP contribution in [-0.4, -0.2) is 31.5 Å². The monoisotopic (exact) mass is 459 g/mol. The maximum absolute atomic E-state index is 13.6. The van der Waals surface area contributed by atoms with E-state index in [1.807, 2.05) is 24.8 Å². The van der Waals surface area contributed by atoms with Crippen LogP contribution in [0.4, 0.5) is 18.9 Å². The van der Waals surface area contributed by atoms with Crippen molar-refractivity contribution in [2.45, 2.75) is 38.4 Å². The molecule has 3 heterocycles. The molecule has 1 fully saturated rings. The van der Waals surface area contributed by atoms with E-state index in [9.17, 15) is 13.2 Å². The van der Waals surface area contributed by atoms with Crippen molar-refractivity contribution in [1.82, 2.24) is 25.0 Å². The molecule has 0 aliphatic carbocycles. The zero-order valence-electron chi connectivity index (χ0n) is 17.3. The predicted octanol–water partition coefficient (Wildman–Crippen LogP) is 5.44. The number of imidazole rings is 1. The third-order valence-electron chi connectivity index (χ3n) is 6.13. The average Bonchev–Trinajstić information content (AvgIpc) is 3.49. The van der Waals surface area contributed by atoms with Crippen molar-refractivity contribution in [3.8, 4) is 5.69 Å². The van der Waals surface area contributed by atoms with E-state index < -0.39 is 17.3 Å². The fourth-order valence-electron chi connectivity index (χ4n) is 4.38. The SMILES string of the molecule is Cc1c(Cl)ccc2[nH]c([C@]3(C)CCCN3c3cc(C(F)(F)F)c[c]c3-n3nccn3)nc12.